The number of pyridine rings is 1. The average Bonchev–Trinajstić information content (AvgIpc) is 2.42. The number of esters is 1. The monoisotopic (exact) mass is 268 g/mol. The number of rotatable bonds is 6. The Morgan fingerprint density at radius 2 is 2.21 bits per heavy atom. The molecule has 1 rings (SSSR count). The first-order valence-electron chi connectivity index (χ1n) is 6.06. The molecule has 0 spiro atoms. The van der Waals surface area contributed by atoms with Crippen LogP contribution < -0.4 is 5.32 Å². The van der Waals surface area contributed by atoms with Crippen LogP contribution >= 0.6 is 0 Å². The van der Waals surface area contributed by atoms with E-state index in [9.17, 15) is 15.0 Å². The summed E-state index contributed by atoms with van der Waals surface area (Å²) in [6, 6.07) is 1.63. The molecule has 0 bridgehead atoms. The summed E-state index contributed by atoms with van der Waals surface area (Å²) >= 11 is 0. The molecule has 0 aliphatic rings. The highest BCUT2D eigenvalue weighted by atomic mass is 16.5. The molecule has 0 saturated carbocycles. The van der Waals surface area contributed by atoms with Crippen LogP contribution in [0.2, 0.25) is 0 Å². The summed E-state index contributed by atoms with van der Waals surface area (Å²) in [6.45, 7) is 2.31. The van der Waals surface area contributed by atoms with Gasteiger partial charge in [0.05, 0.1) is 13.2 Å². The molecule has 19 heavy (non-hydrogen) atoms. The third-order valence-electron chi connectivity index (χ3n) is 2.87. The van der Waals surface area contributed by atoms with Crippen molar-refractivity contribution < 1.29 is 19.7 Å². The number of aliphatic hydroxyl groups excluding tert-OH is 2. The van der Waals surface area contributed by atoms with E-state index in [1.165, 1.54) is 13.3 Å². The van der Waals surface area contributed by atoms with Crippen molar-refractivity contribution in [3.05, 3.63) is 29.1 Å². The summed E-state index contributed by atoms with van der Waals surface area (Å²) in [5.41, 5.74) is 1.29. The third-order valence-corrected chi connectivity index (χ3v) is 2.87. The highest BCUT2D eigenvalue weighted by molar-refractivity contribution is 5.88. The predicted octanol–water partition coefficient (Wildman–Crippen LogP) is 0.180. The van der Waals surface area contributed by atoms with Crippen molar-refractivity contribution >= 4 is 5.97 Å². The van der Waals surface area contributed by atoms with E-state index in [1.54, 1.807) is 20.0 Å². The van der Waals surface area contributed by atoms with Gasteiger partial charge >= 0.3 is 5.97 Å². The molecule has 0 radical (unpaired) electrons. The molecule has 0 amide bonds. The summed E-state index contributed by atoms with van der Waals surface area (Å²) in [7, 11) is 3.06. The van der Waals surface area contributed by atoms with Crippen LogP contribution in [0.1, 0.15) is 34.1 Å². The SMILES string of the molecule is CNCCC(O)C(O)c1cnc(C(=O)OC)c(C)c1. The summed E-state index contributed by atoms with van der Waals surface area (Å²) in [5, 5.41) is 22.7. The first-order chi connectivity index (χ1) is 9.01. The van der Waals surface area contributed by atoms with Crippen LogP contribution in [0.4, 0.5) is 0 Å². The Balaban J connectivity index is 2.85. The fraction of sp³-hybridized carbons (Fsp3) is 0.538. The van der Waals surface area contributed by atoms with Gasteiger partial charge in [0, 0.05) is 11.8 Å². The van der Waals surface area contributed by atoms with E-state index in [-0.39, 0.29) is 5.69 Å². The van der Waals surface area contributed by atoms with Crippen molar-refractivity contribution in [3.63, 3.8) is 0 Å². The number of methoxy groups -OCH3 is 1. The van der Waals surface area contributed by atoms with E-state index in [4.69, 9.17) is 0 Å². The third kappa shape index (κ3) is 3.99. The van der Waals surface area contributed by atoms with Crippen LogP contribution in [0, 0.1) is 6.92 Å². The zero-order valence-electron chi connectivity index (χ0n) is 11.4. The summed E-state index contributed by atoms with van der Waals surface area (Å²) < 4.78 is 4.60. The van der Waals surface area contributed by atoms with Crippen molar-refractivity contribution in [1.82, 2.24) is 10.3 Å². The second kappa shape index (κ2) is 7.18. The van der Waals surface area contributed by atoms with E-state index in [0.717, 1.165) is 0 Å². The van der Waals surface area contributed by atoms with E-state index in [0.29, 0.717) is 24.1 Å². The van der Waals surface area contributed by atoms with Crippen LogP contribution in [0.5, 0.6) is 0 Å². The molecule has 6 nitrogen and oxygen atoms in total. The summed E-state index contributed by atoms with van der Waals surface area (Å²) in [4.78, 5) is 15.4. The summed E-state index contributed by atoms with van der Waals surface area (Å²) in [6.07, 6.45) is -0.0917. The van der Waals surface area contributed by atoms with Gasteiger partial charge in [-0.1, -0.05) is 0 Å². The number of aromatic nitrogens is 1. The number of hydrogen-bond donors (Lipinski definition) is 3. The minimum Gasteiger partial charge on any atom is -0.464 e. The fourth-order valence-corrected chi connectivity index (χ4v) is 1.74. The predicted molar refractivity (Wildman–Crippen MR) is 69.8 cm³/mol. The lowest BCUT2D eigenvalue weighted by atomic mass is 10.0. The zero-order valence-corrected chi connectivity index (χ0v) is 11.4. The highest BCUT2D eigenvalue weighted by Crippen LogP contribution is 2.20. The average molecular weight is 268 g/mol. The smallest absolute Gasteiger partial charge is 0.356 e. The number of hydrogen-bond acceptors (Lipinski definition) is 6. The van der Waals surface area contributed by atoms with Gasteiger partial charge in [-0.15, -0.1) is 0 Å². The summed E-state index contributed by atoms with van der Waals surface area (Å²) in [5.74, 6) is -0.519. The molecule has 3 N–H and O–H groups in total. The highest BCUT2D eigenvalue weighted by Gasteiger charge is 2.20. The molecule has 0 aliphatic heterocycles. The Kier molecular flexibility index (Phi) is 5.88. The Labute approximate surface area is 112 Å². The lowest BCUT2D eigenvalue weighted by Gasteiger charge is -2.18. The molecule has 6 heteroatoms. The maximum atomic E-state index is 11.4. The topological polar surface area (TPSA) is 91.7 Å². The van der Waals surface area contributed by atoms with Crippen LogP contribution in [0.15, 0.2) is 12.3 Å². The van der Waals surface area contributed by atoms with Gasteiger partial charge in [-0.3, -0.25) is 0 Å². The second-order valence-corrected chi connectivity index (χ2v) is 4.33. The molecule has 0 aromatic carbocycles. The molecule has 0 fully saturated rings. The molecule has 0 saturated heterocycles. The molecular formula is C13H20N2O4. The minimum atomic E-state index is -1.02. The molecular weight excluding hydrogens is 248 g/mol. The number of aliphatic hydroxyl groups is 2. The van der Waals surface area contributed by atoms with Crippen molar-refractivity contribution in [2.45, 2.75) is 25.6 Å². The maximum Gasteiger partial charge on any atom is 0.356 e. The lowest BCUT2D eigenvalue weighted by Crippen LogP contribution is -2.23. The van der Waals surface area contributed by atoms with Gasteiger partial charge in [0.1, 0.15) is 6.10 Å². The lowest BCUT2D eigenvalue weighted by molar-refractivity contribution is 0.0138. The van der Waals surface area contributed by atoms with Gasteiger partial charge in [-0.2, -0.15) is 0 Å². The standard InChI is InChI=1S/C13H20N2O4/c1-8-6-9(7-15-11(8)13(18)19-3)12(17)10(16)4-5-14-2/h6-7,10,12,14,16-17H,4-5H2,1-3H3. The van der Waals surface area contributed by atoms with Gasteiger partial charge < -0.3 is 20.3 Å². The van der Waals surface area contributed by atoms with Crippen molar-refractivity contribution in [2.75, 3.05) is 20.7 Å². The normalized spacial score (nSPS) is 13.9. The Hall–Kier alpha value is -1.50. The quantitative estimate of drug-likeness (QED) is 0.638. The van der Waals surface area contributed by atoms with Gasteiger partial charge in [-0.05, 0) is 38.6 Å². The van der Waals surface area contributed by atoms with Crippen molar-refractivity contribution in [3.8, 4) is 0 Å². The van der Waals surface area contributed by atoms with Crippen molar-refractivity contribution in [1.29, 1.82) is 0 Å². The zero-order chi connectivity index (χ0) is 14.4. The second-order valence-electron chi connectivity index (χ2n) is 4.33. The van der Waals surface area contributed by atoms with E-state index < -0.39 is 18.2 Å². The molecule has 0 aliphatic carbocycles. The molecule has 2 atom stereocenters. The molecule has 1 aromatic heterocycles. The Morgan fingerprint density at radius 1 is 1.53 bits per heavy atom. The number of carbonyl (C=O) groups is 1. The molecule has 1 aromatic rings. The largest absolute Gasteiger partial charge is 0.464 e. The molecule has 2 unspecified atom stereocenters. The van der Waals surface area contributed by atoms with E-state index in [2.05, 4.69) is 15.0 Å². The fourth-order valence-electron chi connectivity index (χ4n) is 1.74. The van der Waals surface area contributed by atoms with Gasteiger partial charge in [0.15, 0.2) is 5.69 Å². The number of ether oxygens (including phenoxy) is 1. The van der Waals surface area contributed by atoms with Crippen LogP contribution in [-0.2, 0) is 4.74 Å². The van der Waals surface area contributed by atoms with Crippen molar-refractivity contribution in [2.24, 2.45) is 0 Å². The minimum absolute atomic E-state index is 0.211. The van der Waals surface area contributed by atoms with Gasteiger partial charge in [-0.25, -0.2) is 9.78 Å². The molecule has 106 valence electrons. The first kappa shape index (κ1) is 15.6. The van der Waals surface area contributed by atoms with Crippen LogP contribution in [-0.4, -0.2) is 48.0 Å². The van der Waals surface area contributed by atoms with Gasteiger partial charge in [0.2, 0.25) is 0 Å². The number of nitrogens with zero attached hydrogens (tertiary/aromatic N) is 1. The Morgan fingerprint density at radius 3 is 2.74 bits per heavy atom. The molecule has 1 heterocycles. The Bertz CT molecular complexity index is 437. The van der Waals surface area contributed by atoms with Crippen LogP contribution in [0.25, 0.3) is 0 Å². The van der Waals surface area contributed by atoms with E-state index in [1.807, 2.05) is 0 Å². The van der Waals surface area contributed by atoms with E-state index >= 15 is 0 Å². The number of nitrogens with one attached hydrogen (secondary N) is 1. The van der Waals surface area contributed by atoms with Crippen LogP contribution in [0.3, 0.4) is 0 Å². The van der Waals surface area contributed by atoms with Gasteiger partial charge in [0.25, 0.3) is 0 Å². The first-order valence-corrected chi connectivity index (χ1v) is 6.06. The number of aryl methyl sites for hydroxylation is 1. The maximum absolute atomic E-state index is 11.4. The number of carbonyl (C=O) groups excluding carboxylic acids is 1.